The molecule has 2 aliphatic heterocycles. The molecule has 7 heteroatoms. The fraction of sp³-hybridized carbons (Fsp3) is 0.467. The molecule has 1 atom stereocenters. The SMILES string of the molecule is CC1NC(=NCCc2ccc3c(c2)OCO3)NC(N(C)C)=I1. The van der Waals surface area contributed by atoms with E-state index < -0.39 is 0 Å². The average Bonchev–Trinajstić information content (AvgIpc) is 2.94. The minimum absolute atomic E-state index is 0.0364. The van der Waals surface area contributed by atoms with Gasteiger partial charge in [-0.15, -0.1) is 0 Å². The van der Waals surface area contributed by atoms with Crippen LogP contribution in [0.1, 0.15) is 12.5 Å². The molecule has 0 saturated carbocycles. The molecule has 0 saturated heterocycles. The average molecular weight is 416 g/mol. The van der Waals surface area contributed by atoms with Gasteiger partial charge in [-0.25, -0.2) is 0 Å². The molecular formula is C15H21IN4O2. The molecule has 2 N–H and O–H groups in total. The van der Waals surface area contributed by atoms with Crippen molar-refractivity contribution >= 4 is 30.4 Å². The smallest absolute Gasteiger partial charge is 0.231 e. The lowest BCUT2D eigenvalue weighted by Crippen LogP contribution is -2.51. The van der Waals surface area contributed by atoms with Crippen LogP contribution in [0.5, 0.6) is 11.5 Å². The van der Waals surface area contributed by atoms with Crippen molar-refractivity contribution in [3.05, 3.63) is 23.8 Å². The van der Waals surface area contributed by atoms with E-state index in [0.717, 1.165) is 30.4 Å². The van der Waals surface area contributed by atoms with Gasteiger partial charge in [0, 0.05) is 6.54 Å². The highest BCUT2D eigenvalue weighted by molar-refractivity contribution is 14.2. The molecule has 6 nitrogen and oxygen atoms in total. The molecule has 0 aliphatic carbocycles. The van der Waals surface area contributed by atoms with Gasteiger partial charge in [-0.2, -0.15) is 0 Å². The first-order valence-electron chi connectivity index (χ1n) is 7.26. The Labute approximate surface area is 140 Å². The molecule has 1 aromatic rings. The van der Waals surface area contributed by atoms with Gasteiger partial charge in [0.15, 0.2) is 17.5 Å². The number of nitrogens with one attached hydrogen (secondary N) is 2. The van der Waals surface area contributed by atoms with Crippen LogP contribution in [0.4, 0.5) is 0 Å². The van der Waals surface area contributed by atoms with Gasteiger partial charge >= 0.3 is 0 Å². The first-order chi connectivity index (χ1) is 10.6. The van der Waals surface area contributed by atoms with Gasteiger partial charge in [-0.1, -0.05) is 26.8 Å². The second-order valence-corrected chi connectivity index (χ2v) is 8.86. The molecule has 0 aromatic heterocycles. The van der Waals surface area contributed by atoms with Crippen molar-refractivity contribution in [1.29, 1.82) is 0 Å². The van der Waals surface area contributed by atoms with Gasteiger partial charge < -0.3 is 20.1 Å². The normalized spacial score (nSPS) is 21.9. The molecule has 2 aliphatic rings. The van der Waals surface area contributed by atoms with E-state index in [1.807, 2.05) is 12.1 Å². The number of aliphatic imine (C=N–C) groups is 1. The molecular weight excluding hydrogens is 395 g/mol. The zero-order chi connectivity index (χ0) is 15.5. The van der Waals surface area contributed by atoms with Crippen LogP contribution >= 0.6 is 20.7 Å². The first-order valence-corrected chi connectivity index (χ1v) is 9.58. The van der Waals surface area contributed by atoms with Crippen LogP contribution in [0.2, 0.25) is 0 Å². The van der Waals surface area contributed by atoms with E-state index in [9.17, 15) is 0 Å². The Bertz CT molecular complexity index is 616. The van der Waals surface area contributed by atoms with Crippen LogP contribution < -0.4 is 20.1 Å². The predicted molar refractivity (Wildman–Crippen MR) is 97.0 cm³/mol. The lowest BCUT2D eigenvalue weighted by Gasteiger charge is -2.26. The number of hydrogen-bond donors (Lipinski definition) is 2. The number of guanidine groups is 1. The highest BCUT2D eigenvalue weighted by Crippen LogP contribution is 2.32. The Hall–Kier alpha value is -1.35. The summed E-state index contributed by atoms with van der Waals surface area (Å²) in [5.41, 5.74) is 1.21. The summed E-state index contributed by atoms with van der Waals surface area (Å²) in [7, 11) is 4.15. The summed E-state index contributed by atoms with van der Waals surface area (Å²) in [5.74, 6) is 2.54. The van der Waals surface area contributed by atoms with E-state index in [-0.39, 0.29) is 20.7 Å². The molecule has 3 rings (SSSR count). The molecule has 1 aromatic carbocycles. The predicted octanol–water partition coefficient (Wildman–Crippen LogP) is 1.47. The highest BCUT2D eigenvalue weighted by Gasteiger charge is 2.16. The van der Waals surface area contributed by atoms with Crippen molar-refractivity contribution in [2.24, 2.45) is 4.99 Å². The molecule has 0 fully saturated rings. The summed E-state index contributed by atoms with van der Waals surface area (Å²) in [4.78, 5) is 6.80. The van der Waals surface area contributed by atoms with Crippen LogP contribution in [0, 0.1) is 0 Å². The van der Waals surface area contributed by atoms with Gasteiger partial charge in [0.05, 0.1) is 4.05 Å². The molecule has 2 heterocycles. The minimum atomic E-state index is -0.0364. The monoisotopic (exact) mass is 416 g/mol. The number of halogens is 1. The number of fused-ring (bicyclic) bond motifs is 1. The molecule has 120 valence electrons. The number of rotatable bonds is 4. The lowest BCUT2D eigenvalue weighted by atomic mass is 10.1. The maximum Gasteiger partial charge on any atom is 0.231 e. The van der Waals surface area contributed by atoms with Crippen LogP contribution in [-0.2, 0) is 6.42 Å². The van der Waals surface area contributed by atoms with Crippen molar-refractivity contribution in [2.45, 2.75) is 17.4 Å². The third-order valence-electron chi connectivity index (χ3n) is 3.32. The minimum Gasteiger partial charge on any atom is -0.454 e. The first kappa shape index (κ1) is 15.5. The van der Waals surface area contributed by atoms with Gasteiger partial charge in [-0.3, -0.25) is 9.89 Å². The Morgan fingerprint density at radius 2 is 2.14 bits per heavy atom. The van der Waals surface area contributed by atoms with E-state index in [2.05, 4.69) is 47.6 Å². The van der Waals surface area contributed by atoms with E-state index in [4.69, 9.17) is 9.47 Å². The van der Waals surface area contributed by atoms with E-state index in [1.54, 1.807) is 0 Å². The van der Waals surface area contributed by atoms with Crippen LogP contribution in [-0.4, -0.2) is 46.1 Å². The van der Waals surface area contributed by atoms with E-state index in [0.29, 0.717) is 10.8 Å². The summed E-state index contributed by atoms with van der Waals surface area (Å²) in [6.45, 7) is 3.27. The topological polar surface area (TPSA) is 58.1 Å². The van der Waals surface area contributed by atoms with Crippen molar-refractivity contribution in [3.63, 3.8) is 0 Å². The maximum atomic E-state index is 5.40. The molecule has 0 bridgehead atoms. The second-order valence-electron chi connectivity index (χ2n) is 5.35. The molecule has 1 unspecified atom stereocenters. The van der Waals surface area contributed by atoms with Crippen molar-refractivity contribution in [2.75, 3.05) is 27.4 Å². The fourth-order valence-electron chi connectivity index (χ4n) is 2.22. The number of ether oxygens (including phenoxy) is 2. The van der Waals surface area contributed by atoms with Crippen LogP contribution in [0.15, 0.2) is 23.2 Å². The summed E-state index contributed by atoms with van der Waals surface area (Å²) in [6, 6.07) is 6.07. The van der Waals surface area contributed by atoms with E-state index in [1.165, 1.54) is 9.32 Å². The quantitative estimate of drug-likeness (QED) is 0.443. The van der Waals surface area contributed by atoms with Crippen LogP contribution in [0.25, 0.3) is 0 Å². The number of nitrogens with zero attached hydrogens (tertiary/aromatic N) is 2. The van der Waals surface area contributed by atoms with Gasteiger partial charge in [0.2, 0.25) is 6.79 Å². The van der Waals surface area contributed by atoms with Crippen molar-refractivity contribution in [1.82, 2.24) is 15.5 Å². The Kier molecular flexibility index (Phi) is 4.82. The largest absolute Gasteiger partial charge is 0.454 e. The Morgan fingerprint density at radius 3 is 2.95 bits per heavy atom. The Balaban J connectivity index is 1.59. The summed E-state index contributed by atoms with van der Waals surface area (Å²) in [5, 5.41) is 6.82. The fourth-order valence-corrected chi connectivity index (χ4v) is 4.52. The lowest BCUT2D eigenvalue weighted by molar-refractivity contribution is 0.174. The molecule has 22 heavy (non-hydrogen) atoms. The van der Waals surface area contributed by atoms with Crippen LogP contribution in [0.3, 0.4) is 0 Å². The van der Waals surface area contributed by atoms with Crippen molar-refractivity contribution in [3.8, 4) is 11.5 Å². The molecule has 0 spiro atoms. The highest BCUT2D eigenvalue weighted by atomic mass is 127. The number of hydrogen-bond acceptors (Lipinski definition) is 4. The summed E-state index contributed by atoms with van der Waals surface area (Å²) < 4.78 is 12.5. The van der Waals surface area contributed by atoms with Crippen molar-refractivity contribution < 1.29 is 9.47 Å². The Morgan fingerprint density at radius 1 is 1.32 bits per heavy atom. The van der Waals surface area contributed by atoms with Gasteiger partial charge in [0.25, 0.3) is 0 Å². The molecule has 0 amide bonds. The summed E-state index contributed by atoms with van der Waals surface area (Å²) >= 11 is -0.0364. The van der Waals surface area contributed by atoms with Gasteiger partial charge in [-0.05, 0) is 45.1 Å². The zero-order valence-electron chi connectivity index (χ0n) is 13.0. The third kappa shape index (κ3) is 3.70. The van der Waals surface area contributed by atoms with Gasteiger partial charge in [0.1, 0.15) is 3.76 Å². The maximum absolute atomic E-state index is 5.40. The standard InChI is InChI=1S/C15H21IN4O2/c1-10-16-14(20(2)3)19-15(18-10)17-7-6-11-4-5-12-13(8-11)22-9-21-12/h4-5,8,10H,6-7,9H2,1-3H3,(H2,17,18,19). The zero-order valence-corrected chi connectivity index (χ0v) is 15.2. The summed E-state index contributed by atoms with van der Waals surface area (Å²) in [6.07, 6.45) is 0.879. The second kappa shape index (κ2) is 6.82. The number of alkyl halides is 1. The number of benzene rings is 1. The van der Waals surface area contributed by atoms with E-state index >= 15 is 0 Å². The third-order valence-corrected chi connectivity index (χ3v) is 6.39. The molecule has 0 radical (unpaired) electrons.